The maximum absolute atomic E-state index is 11.5. The molecule has 0 aliphatic rings. The molecule has 1 amide bonds. The molecule has 2 N–H and O–H groups in total. The van der Waals surface area contributed by atoms with Crippen molar-refractivity contribution in [1.82, 2.24) is 4.90 Å². The first kappa shape index (κ1) is 12.0. The minimum Gasteiger partial charge on any atom is -0.332 e. The van der Waals surface area contributed by atoms with Gasteiger partial charge in [0.25, 0.3) is 0 Å². The average molecular weight is 182 g/mol. The molecule has 0 spiro atoms. The van der Waals surface area contributed by atoms with Gasteiger partial charge in [-0.3, -0.25) is 4.79 Å². The van der Waals surface area contributed by atoms with Crippen LogP contribution in [-0.2, 0) is 4.79 Å². The second-order valence-corrected chi connectivity index (χ2v) is 2.91. The first-order valence-corrected chi connectivity index (χ1v) is 4.67. The van der Waals surface area contributed by atoms with E-state index in [-0.39, 0.29) is 5.91 Å². The molecule has 0 saturated heterocycles. The molecule has 0 aromatic rings. The number of hydrogen-bond acceptors (Lipinski definition) is 2. The van der Waals surface area contributed by atoms with Crippen LogP contribution in [0.25, 0.3) is 0 Å². The number of rotatable bonds is 6. The monoisotopic (exact) mass is 182 g/mol. The lowest BCUT2D eigenvalue weighted by Gasteiger charge is -2.18. The Morgan fingerprint density at radius 3 is 2.77 bits per heavy atom. The molecule has 0 saturated carbocycles. The highest BCUT2D eigenvalue weighted by Gasteiger charge is 2.09. The van der Waals surface area contributed by atoms with Crippen molar-refractivity contribution in [3.05, 3.63) is 0 Å². The Kier molecular flexibility index (Phi) is 7.04. The van der Waals surface area contributed by atoms with E-state index in [1.165, 1.54) is 0 Å². The normalized spacial score (nSPS) is 9.31. The lowest BCUT2D eigenvalue weighted by molar-refractivity contribution is -0.130. The number of amides is 1. The minimum absolute atomic E-state index is 0.116. The Morgan fingerprint density at radius 2 is 2.31 bits per heavy atom. The topological polar surface area (TPSA) is 46.3 Å². The molecule has 0 aliphatic carbocycles. The Morgan fingerprint density at radius 1 is 1.62 bits per heavy atom. The summed E-state index contributed by atoms with van der Waals surface area (Å²) in [7, 11) is 0. The smallest absolute Gasteiger partial charge is 0.223 e. The van der Waals surface area contributed by atoms with Crippen LogP contribution in [0.5, 0.6) is 0 Å². The van der Waals surface area contributed by atoms with Gasteiger partial charge in [0.2, 0.25) is 5.91 Å². The van der Waals surface area contributed by atoms with Crippen LogP contribution in [0.4, 0.5) is 0 Å². The van der Waals surface area contributed by atoms with Crippen LogP contribution in [0.1, 0.15) is 26.2 Å². The second-order valence-electron chi connectivity index (χ2n) is 2.91. The highest BCUT2D eigenvalue weighted by Crippen LogP contribution is 1.98. The van der Waals surface area contributed by atoms with E-state index in [1.54, 1.807) is 4.90 Å². The van der Waals surface area contributed by atoms with Gasteiger partial charge in [-0.25, -0.2) is 0 Å². The van der Waals surface area contributed by atoms with Gasteiger partial charge in [0.15, 0.2) is 0 Å². The van der Waals surface area contributed by atoms with Crippen molar-refractivity contribution in [2.45, 2.75) is 26.2 Å². The van der Waals surface area contributed by atoms with Crippen molar-refractivity contribution in [3.63, 3.8) is 0 Å². The quantitative estimate of drug-likeness (QED) is 0.611. The molecule has 74 valence electrons. The molecule has 0 unspecified atom stereocenters. The fourth-order valence-corrected chi connectivity index (χ4v) is 1.08. The van der Waals surface area contributed by atoms with E-state index >= 15 is 0 Å². The molecule has 0 atom stereocenters. The van der Waals surface area contributed by atoms with E-state index in [0.29, 0.717) is 19.5 Å². The van der Waals surface area contributed by atoms with Gasteiger partial charge in [0.05, 0.1) is 6.54 Å². The number of nitrogens with two attached hydrogens (primary N) is 1. The fourth-order valence-electron chi connectivity index (χ4n) is 1.08. The molecule has 0 rings (SSSR count). The summed E-state index contributed by atoms with van der Waals surface area (Å²) in [5.41, 5.74) is 5.31. The van der Waals surface area contributed by atoms with Gasteiger partial charge in [-0.2, -0.15) is 0 Å². The molecular weight excluding hydrogens is 164 g/mol. The lowest BCUT2D eigenvalue weighted by atomic mass is 10.2. The van der Waals surface area contributed by atoms with Crippen LogP contribution in [0.3, 0.4) is 0 Å². The summed E-state index contributed by atoms with van der Waals surface area (Å²) in [5, 5.41) is 0. The van der Waals surface area contributed by atoms with Crippen LogP contribution < -0.4 is 5.73 Å². The highest BCUT2D eigenvalue weighted by molar-refractivity contribution is 5.76. The molecule has 0 aromatic carbocycles. The van der Waals surface area contributed by atoms with Crippen molar-refractivity contribution in [1.29, 1.82) is 0 Å². The average Bonchev–Trinajstić information content (AvgIpc) is 2.14. The molecule has 3 heteroatoms. The molecule has 0 heterocycles. The van der Waals surface area contributed by atoms with Crippen LogP contribution in [0.2, 0.25) is 0 Å². The van der Waals surface area contributed by atoms with Gasteiger partial charge in [-0.15, -0.1) is 6.42 Å². The van der Waals surface area contributed by atoms with Crippen molar-refractivity contribution >= 4 is 5.91 Å². The van der Waals surface area contributed by atoms with Gasteiger partial charge < -0.3 is 10.6 Å². The van der Waals surface area contributed by atoms with E-state index in [2.05, 4.69) is 5.92 Å². The third-order valence-electron chi connectivity index (χ3n) is 1.72. The molecule has 0 fully saturated rings. The number of terminal acetylenes is 1. The van der Waals surface area contributed by atoms with Gasteiger partial charge >= 0.3 is 0 Å². The summed E-state index contributed by atoms with van der Waals surface area (Å²) in [4.78, 5) is 13.2. The number of carbonyl (C=O) groups excluding carboxylic acids is 1. The van der Waals surface area contributed by atoms with Crippen molar-refractivity contribution in [2.24, 2.45) is 5.73 Å². The molecular formula is C10H18N2O. The molecule has 0 aliphatic heterocycles. The molecule has 13 heavy (non-hydrogen) atoms. The minimum atomic E-state index is 0.116. The Bertz CT molecular complexity index is 184. The summed E-state index contributed by atoms with van der Waals surface area (Å²) in [5.74, 6) is 2.60. The zero-order valence-electron chi connectivity index (χ0n) is 8.25. The summed E-state index contributed by atoms with van der Waals surface area (Å²) in [6.45, 7) is 3.74. The Labute approximate surface area is 80.3 Å². The van der Waals surface area contributed by atoms with Gasteiger partial charge in [0.1, 0.15) is 0 Å². The largest absolute Gasteiger partial charge is 0.332 e. The SMILES string of the molecule is C#CCN(CCC)C(=O)CCCN. The predicted molar refractivity (Wildman–Crippen MR) is 54.0 cm³/mol. The Hall–Kier alpha value is -1.01. The van der Waals surface area contributed by atoms with Crippen LogP contribution >= 0.6 is 0 Å². The zero-order chi connectivity index (χ0) is 10.1. The van der Waals surface area contributed by atoms with Crippen LogP contribution in [-0.4, -0.2) is 30.4 Å². The van der Waals surface area contributed by atoms with Gasteiger partial charge in [-0.05, 0) is 19.4 Å². The summed E-state index contributed by atoms with van der Waals surface area (Å²) < 4.78 is 0. The van der Waals surface area contributed by atoms with Gasteiger partial charge in [-0.1, -0.05) is 12.8 Å². The third-order valence-corrected chi connectivity index (χ3v) is 1.72. The summed E-state index contributed by atoms with van der Waals surface area (Å²) in [6.07, 6.45) is 7.35. The molecule has 0 bridgehead atoms. The summed E-state index contributed by atoms with van der Waals surface area (Å²) >= 11 is 0. The second kappa shape index (κ2) is 7.63. The lowest BCUT2D eigenvalue weighted by Crippen LogP contribution is -2.32. The van der Waals surface area contributed by atoms with E-state index in [0.717, 1.165) is 19.4 Å². The Balaban J connectivity index is 3.89. The number of hydrogen-bond donors (Lipinski definition) is 1. The first-order valence-electron chi connectivity index (χ1n) is 4.67. The third kappa shape index (κ3) is 5.26. The molecule has 0 aromatic heterocycles. The van der Waals surface area contributed by atoms with E-state index in [1.807, 2.05) is 6.92 Å². The van der Waals surface area contributed by atoms with Gasteiger partial charge in [0, 0.05) is 13.0 Å². The standard InChI is InChI=1S/C10H18N2O/c1-3-8-12(9-4-2)10(13)6-5-7-11/h1H,4-9,11H2,2H3. The summed E-state index contributed by atoms with van der Waals surface area (Å²) in [6, 6.07) is 0. The van der Waals surface area contributed by atoms with Crippen molar-refractivity contribution in [2.75, 3.05) is 19.6 Å². The predicted octanol–water partition coefficient (Wildman–Crippen LogP) is 0.597. The first-order chi connectivity index (χ1) is 6.26. The van der Waals surface area contributed by atoms with E-state index < -0.39 is 0 Å². The van der Waals surface area contributed by atoms with Crippen molar-refractivity contribution in [3.8, 4) is 12.3 Å². The van der Waals surface area contributed by atoms with Crippen molar-refractivity contribution < 1.29 is 4.79 Å². The fraction of sp³-hybridized carbons (Fsp3) is 0.700. The van der Waals surface area contributed by atoms with Crippen LogP contribution in [0, 0.1) is 12.3 Å². The van der Waals surface area contributed by atoms with E-state index in [4.69, 9.17) is 12.2 Å². The van der Waals surface area contributed by atoms with Crippen LogP contribution in [0.15, 0.2) is 0 Å². The number of nitrogens with zero attached hydrogens (tertiary/aromatic N) is 1. The molecule has 0 radical (unpaired) electrons. The maximum atomic E-state index is 11.5. The zero-order valence-corrected chi connectivity index (χ0v) is 8.25. The number of carbonyl (C=O) groups is 1. The van der Waals surface area contributed by atoms with E-state index in [9.17, 15) is 4.79 Å². The highest BCUT2D eigenvalue weighted by atomic mass is 16.2. The molecule has 3 nitrogen and oxygen atoms in total. The maximum Gasteiger partial charge on any atom is 0.223 e.